The van der Waals surface area contributed by atoms with E-state index in [0.717, 1.165) is 10.4 Å². The summed E-state index contributed by atoms with van der Waals surface area (Å²) in [5.41, 5.74) is 2.67. The van der Waals surface area contributed by atoms with Gasteiger partial charge >= 0.3 is 5.97 Å². The van der Waals surface area contributed by atoms with Crippen molar-refractivity contribution in [2.45, 2.75) is 39.3 Å². The highest BCUT2D eigenvalue weighted by Crippen LogP contribution is 2.43. The molecule has 2 amide bonds. The number of carbonyl (C=O) groups is 3. The van der Waals surface area contributed by atoms with Crippen LogP contribution < -0.4 is 15.8 Å². The van der Waals surface area contributed by atoms with Crippen LogP contribution in [0.1, 0.15) is 35.5 Å². The zero-order valence-electron chi connectivity index (χ0n) is 22.7. The number of benzene rings is 2. The number of rotatable bonds is 7. The number of anilines is 2. The highest BCUT2D eigenvalue weighted by molar-refractivity contribution is 7.10. The topological polar surface area (TPSA) is 103 Å². The van der Waals surface area contributed by atoms with Crippen molar-refractivity contribution in [3.63, 3.8) is 0 Å². The number of amides is 2. The summed E-state index contributed by atoms with van der Waals surface area (Å²) < 4.78 is 8.72. The minimum atomic E-state index is -1.19. The number of carbonyl (C=O) groups excluding carboxylic acids is 3. The molecule has 0 saturated carbocycles. The Bertz CT molecular complexity index is 1610. The van der Waals surface area contributed by atoms with Crippen LogP contribution in [0.4, 0.5) is 11.4 Å². The van der Waals surface area contributed by atoms with Crippen LogP contribution in [0.25, 0.3) is 5.69 Å². The molecule has 0 radical (unpaired) electrons. The standard InChI is InChI=1S/C30H30N4O5S/c1-18-12-14-21(15-13-18)33-25(35)17-23(27(33)24-11-8-16-40-24)30(38)39-20(3)28(36)31-26-19(2)32(4)34(29(26)37)22-9-6-5-7-10-22/h5-16,20,23,27H,17H2,1-4H3,(H,31,36)/t20-,23+,27-/m1/s1. The molecule has 10 heteroatoms. The van der Waals surface area contributed by atoms with Crippen molar-refractivity contribution >= 4 is 40.5 Å². The summed E-state index contributed by atoms with van der Waals surface area (Å²) in [5.74, 6) is -2.26. The molecule has 0 unspecified atom stereocenters. The molecule has 9 nitrogen and oxygen atoms in total. The van der Waals surface area contributed by atoms with E-state index in [1.165, 1.54) is 22.9 Å². The summed E-state index contributed by atoms with van der Waals surface area (Å²) in [5, 5.41) is 4.54. The Kier molecular flexibility index (Phi) is 7.44. The van der Waals surface area contributed by atoms with Gasteiger partial charge in [-0.3, -0.25) is 23.9 Å². The number of aryl methyl sites for hydroxylation is 1. The van der Waals surface area contributed by atoms with Gasteiger partial charge < -0.3 is 15.0 Å². The second-order valence-corrected chi connectivity index (χ2v) is 10.9. The van der Waals surface area contributed by atoms with E-state index in [9.17, 15) is 19.2 Å². The number of ether oxygens (including phenoxy) is 1. The minimum absolute atomic E-state index is 0.0385. The highest BCUT2D eigenvalue weighted by Gasteiger charge is 2.47. The lowest BCUT2D eigenvalue weighted by Crippen LogP contribution is -2.35. The van der Waals surface area contributed by atoms with Gasteiger partial charge in [0.05, 0.1) is 23.3 Å². The van der Waals surface area contributed by atoms with Gasteiger partial charge in [0, 0.05) is 24.0 Å². The number of aromatic nitrogens is 2. The Morgan fingerprint density at radius 2 is 1.68 bits per heavy atom. The molecule has 2 aromatic heterocycles. The summed E-state index contributed by atoms with van der Waals surface area (Å²) in [6, 6.07) is 19.9. The SMILES string of the molecule is Cc1ccc(N2C(=O)C[C@H](C(=O)O[C@H](C)C(=O)Nc3c(C)n(C)n(-c4ccccc4)c3=O)[C@@H]2c2cccs2)cc1. The minimum Gasteiger partial charge on any atom is -0.452 e. The second-order valence-electron chi connectivity index (χ2n) is 9.88. The molecule has 1 aliphatic heterocycles. The average molecular weight is 559 g/mol. The predicted molar refractivity (Wildman–Crippen MR) is 154 cm³/mol. The van der Waals surface area contributed by atoms with Crippen LogP contribution in [-0.4, -0.2) is 33.3 Å². The van der Waals surface area contributed by atoms with E-state index in [-0.39, 0.29) is 18.0 Å². The molecule has 1 N–H and O–H groups in total. The van der Waals surface area contributed by atoms with Gasteiger partial charge in [0.2, 0.25) is 5.91 Å². The number of esters is 1. The molecular formula is C30H30N4O5S. The zero-order chi connectivity index (χ0) is 28.6. The largest absolute Gasteiger partial charge is 0.452 e. The molecule has 1 fully saturated rings. The van der Waals surface area contributed by atoms with Crippen LogP contribution in [0.3, 0.4) is 0 Å². The molecule has 40 heavy (non-hydrogen) atoms. The summed E-state index contributed by atoms with van der Waals surface area (Å²) in [7, 11) is 1.73. The lowest BCUT2D eigenvalue weighted by Gasteiger charge is -2.27. The van der Waals surface area contributed by atoms with Crippen molar-refractivity contribution in [3.8, 4) is 5.69 Å². The molecule has 0 aliphatic carbocycles. The van der Waals surface area contributed by atoms with Crippen LogP contribution in [-0.2, 0) is 26.2 Å². The number of thiophene rings is 1. The smallest absolute Gasteiger partial charge is 0.312 e. The van der Waals surface area contributed by atoms with Crippen molar-refractivity contribution in [2.24, 2.45) is 13.0 Å². The Morgan fingerprint density at radius 3 is 2.33 bits per heavy atom. The van der Waals surface area contributed by atoms with Crippen LogP contribution in [0.5, 0.6) is 0 Å². The van der Waals surface area contributed by atoms with E-state index in [1.807, 2.05) is 66.9 Å². The maximum absolute atomic E-state index is 13.4. The fourth-order valence-corrected chi connectivity index (χ4v) is 5.87. The molecule has 0 spiro atoms. The van der Waals surface area contributed by atoms with Gasteiger partial charge in [0.15, 0.2) is 6.10 Å². The molecule has 4 aromatic rings. The Morgan fingerprint density at radius 1 is 0.975 bits per heavy atom. The summed E-state index contributed by atoms with van der Waals surface area (Å²) >= 11 is 1.46. The number of para-hydroxylation sites is 1. The maximum atomic E-state index is 13.4. The van der Waals surface area contributed by atoms with Gasteiger partial charge in [0.1, 0.15) is 5.69 Å². The number of nitrogens with zero attached hydrogens (tertiary/aromatic N) is 3. The Labute approximate surface area is 235 Å². The van der Waals surface area contributed by atoms with Crippen molar-refractivity contribution in [1.82, 2.24) is 9.36 Å². The van der Waals surface area contributed by atoms with Gasteiger partial charge in [-0.05, 0) is 56.5 Å². The van der Waals surface area contributed by atoms with Gasteiger partial charge in [-0.2, -0.15) is 0 Å². The van der Waals surface area contributed by atoms with E-state index in [2.05, 4.69) is 5.32 Å². The van der Waals surface area contributed by atoms with Crippen LogP contribution >= 0.6 is 11.3 Å². The van der Waals surface area contributed by atoms with Crippen LogP contribution in [0, 0.1) is 19.8 Å². The second kappa shape index (κ2) is 11.0. The van der Waals surface area contributed by atoms with Crippen molar-refractivity contribution in [1.29, 1.82) is 0 Å². The average Bonchev–Trinajstić information content (AvgIpc) is 3.64. The Balaban J connectivity index is 1.35. The molecule has 1 aliphatic rings. The monoisotopic (exact) mass is 558 g/mol. The van der Waals surface area contributed by atoms with Crippen molar-refractivity contribution < 1.29 is 19.1 Å². The van der Waals surface area contributed by atoms with E-state index in [1.54, 1.807) is 35.7 Å². The molecule has 1 saturated heterocycles. The van der Waals surface area contributed by atoms with Gasteiger partial charge in [-0.1, -0.05) is 42.0 Å². The molecule has 3 atom stereocenters. The maximum Gasteiger partial charge on any atom is 0.312 e. The van der Waals surface area contributed by atoms with E-state index in [0.29, 0.717) is 17.1 Å². The first-order valence-corrected chi connectivity index (χ1v) is 13.8. The van der Waals surface area contributed by atoms with Gasteiger partial charge in [-0.25, -0.2) is 4.68 Å². The van der Waals surface area contributed by atoms with Crippen LogP contribution in [0.15, 0.2) is 76.9 Å². The molecule has 2 aromatic carbocycles. The molecule has 0 bridgehead atoms. The summed E-state index contributed by atoms with van der Waals surface area (Å²) in [6.45, 7) is 5.14. The predicted octanol–water partition coefficient (Wildman–Crippen LogP) is 4.52. The van der Waals surface area contributed by atoms with Crippen molar-refractivity contribution in [2.75, 3.05) is 10.2 Å². The first-order chi connectivity index (χ1) is 19.2. The lowest BCUT2D eigenvalue weighted by atomic mass is 9.98. The molecule has 5 rings (SSSR count). The first kappa shape index (κ1) is 27.1. The zero-order valence-corrected chi connectivity index (χ0v) is 23.5. The first-order valence-electron chi connectivity index (χ1n) is 12.9. The third-order valence-electron chi connectivity index (χ3n) is 7.24. The third kappa shape index (κ3) is 4.98. The third-order valence-corrected chi connectivity index (χ3v) is 8.18. The normalized spacial score (nSPS) is 17.6. The number of hydrogen-bond donors (Lipinski definition) is 1. The summed E-state index contributed by atoms with van der Waals surface area (Å²) in [4.78, 5) is 55.4. The van der Waals surface area contributed by atoms with Crippen molar-refractivity contribution in [3.05, 3.63) is 98.6 Å². The van der Waals surface area contributed by atoms with Gasteiger partial charge in [0.25, 0.3) is 11.5 Å². The molecular weight excluding hydrogens is 528 g/mol. The fourth-order valence-electron chi connectivity index (χ4n) is 4.99. The lowest BCUT2D eigenvalue weighted by molar-refractivity contribution is -0.157. The number of hydrogen-bond acceptors (Lipinski definition) is 6. The summed E-state index contributed by atoms with van der Waals surface area (Å²) in [6.07, 6.45) is -1.23. The van der Waals surface area contributed by atoms with E-state index >= 15 is 0 Å². The van der Waals surface area contributed by atoms with Gasteiger partial charge in [-0.15, -0.1) is 11.3 Å². The highest BCUT2D eigenvalue weighted by atomic mass is 32.1. The Hall–Kier alpha value is -4.44. The fraction of sp³-hybridized carbons (Fsp3) is 0.267. The van der Waals surface area contributed by atoms with E-state index in [4.69, 9.17) is 4.74 Å². The van der Waals surface area contributed by atoms with E-state index < -0.39 is 35.5 Å². The number of nitrogens with one attached hydrogen (secondary N) is 1. The van der Waals surface area contributed by atoms with Crippen LogP contribution in [0.2, 0.25) is 0 Å². The molecule has 206 valence electrons. The quantitative estimate of drug-likeness (QED) is 0.336. The molecule has 3 heterocycles.